The number of hydrogen-bond donors (Lipinski definition) is 0. The lowest BCUT2D eigenvalue weighted by Gasteiger charge is -2.46. The first-order valence-electron chi connectivity index (χ1n) is 38.2. The number of aromatic nitrogens is 1. The molecule has 0 saturated heterocycles. The van der Waals surface area contributed by atoms with E-state index >= 15 is 0 Å². The molecule has 16 rings (SSSR count). The molecule has 0 bridgehead atoms. The quantitative estimate of drug-likeness (QED) is 0.149. The minimum absolute atomic E-state index is 0.0131. The van der Waals surface area contributed by atoms with Crippen LogP contribution in [0.1, 0.15) is 143 Å². The Morgan fingerprint density at radius 1 is 0.330 bits per heavy atom. The topological polar surface area (TPSA) is 24.6 Å². The highest BCUT2D eigenvalue weighted by atomic mass is 16.3. The SMILES string of the molecule is [2H]c1c([2H])c([2H])c2c(c1[2H])c1c([2H])c([2H])c([2H])c([2H])c1n2-c1ccc2c(c1)N(c1cc(-c3cccc(C(C)(C)C)c3)cc3oc4ccccc4c13)c1cc(C(C)(C)C)cc3c1B2c1ccc(-c2cc(C(C)(C)C)cc(C(C)(C)C)c2)cc1N3c1c(-c2ccccc2)cc(C(C)(C)C)cc1-c1ccccc1. The van der Waals surface area contributed by atoms with Crippen LogP contribution in [0.2, 0.25) is 0 Å². The lowest BCUT2D eigenvalue weighted by atomic mass is 9.33. The van der Waals surface area contributed by atoms with Gasteiger partial charge < -0.3 is 18.8 Å². The lowest BCUT2D eigenvalue weighted by Crippen LogP contribution is -2.61. The Bertz CT molecular complexity index is 5830. The summed E-state index contributed by atoms with van der Waals surface area (Å²) in [6.45, 7) is 33.7. The van der Waals surface area contributed by atoms with Gasteiger partial charge in [-0.2, -0.15) is 0 Å². The van der Waals surface area contributed by atoms with Crippen molar-refractivity contribution < 1.29 is 15.4 Å². The van der Waals surface area contributed by atoms with Crippen LogP contribution >= 0.6 is 0 Å². The fraction of sp³-hybridized carbons (Fsp3) is 0.217. The first-order chi connectivity index (χ1) is 49.6. The zero-order valence-electron chi connectivity index (χ0n) is 66.4. The number of para-hydroxylation sites is 3. The van der Waals surface area contributed by atoms with Crippen molar-refractivity contribution in [1.82, 2.24) is 4.57 Å². The van der Waals surface area contributed by atoms with Crippen LogP contribution in [0.4, 0.5) is 34.1 Å². The third-order valence-corrected chi connectivity index (χ3v) is 20.3. The molecule has 4 nitrogen and oxygen atoms in total. The molecule has 2 aliphatic rings. The minimum Gasteiger partial charge on any atom is -0.456 e. The number of nitrogens with zero attached hydrogens (tertiary/aromatic N) is 3. The molecule has 14 aromatic rings. The Hall–Kier alpha value is -10.1. The molecule has 2 aromatic heterocycles. The van der Waals surface area contributed by atoms with E-state index in [1.807, 2.05) is 18.2 Å². The van der Waals surface area contributed by atoms with E-state index in [1.54, 1.807) is 4.57 Å². The highest BCUT2D eigenvalue weighted by molar-refractivity contribution is 7.00. The summed E-state index contributed by atoms with van der Waals surface area (Å²) in [6.07, 6.45) is 0. The summed E-state index contributed by atoms with van der Waals surface area (Å²) >= 11 is 0. The number of anilines is 6. The van der Waals surface area contributed by atoms with Gasteiger partial charge in [-0.25, -0.2) is 0 Å². The molecule has 0 atom stereocenters. The van der Waals surface area contributed by atoms with Crippen LogP contribution in [0.15, 0.2) is 253 Å². The highest BCUT2D eigenvalue weighted by Crippen LogP contribution is 2.55. The van der Waals surface area contributed by atoms with E-state index in [4.69, 9.17) is 7.16 Å². The van der Waals surface area contributed by atoms with Gasteiger partial charge >= 0.3 is 0 Å². The maximum Gasteiger partial charge on any atom is 0.252 e. The molecule has 0 N–H and O–H groups in total. The Morgan fingerprint density at radius 3 is 1.38 bits per heavy atom. The molecule has 97 heavy (non-hydrogen) atoms. The summed E-state index contributed by atoms with van der Waals surface area (Å²) in [5, 5.41) is 1.82. The zero-order chi connectivity index (χ0) is 74.4. The fourth-order valence-corrected chi connectivity index (χ4v) is 14.9. The minimum atomic E-state index is -0.497. The number of fused-ring (bicyclic) bond motifs is 10. The molecule has 12 aromatic carbocycles. The Balaban J connectivity index is 1.12. The summed E-state index contributed by atoms with van der Waals surface area (Å²) < 4.78 is 84.0. The standard InChI is InChI=1S/C92H86BN3O/c1-88(2,3)63-34-28-33-59(45-63)62-49-80(85-71-37-24-27-40-83(71)97-84(85)50-62)95-79-56-68(94-76-38-25-22-35-69(76)70-36-23-26-39-77(70)94)42-44-75(79)93-74-43-41-60(61-46-64(89(4,5)6)51-65(47-61)90(7,8)9)48-78(74)96(82-55-67(92(13,14)15)54-81(95)86(82)93)87-72(57-29-18-16-19-30-57)52-66(91(10,11)12)53-73(87)58-31-20-17-21-32-58/h16-56H,1-15H3/i22D,23D,25D,26D,35D,36D,38D,39D. The van der Waals surface area contributed by atoms with Crippen molar-refractivity contribution in [2.75, 3.05) is 9.80 Å². The van der Waals surface area contributed by atoms with Crippen LogP contribution in [-0.2, 0) is 27.1 Å². The molecule has 4 heterocycles. The van der Waals surface area contributed by atoms with Gasteiger partial charge in [0, 0.05) is 55.7 Å². The van der Waals surface area contributed by atoms with Crippen molar-refractivity contribution in [2.24, 2.45) is 0 Å². The molecule has 478 valence electrons. The summed E-state index contributed by atoms with van der Waals surface area (Å²) in [5.74, 6) is 0. The van der Waals surface area contributed by atoms with Crippen molar-refractivity contribution in [2.45, 2.75) is 131 Å². The van der Waals surface area contributed by atoms with E-state index in [2.05, 4.69) is 296 Å². The van der Waals surface area contributed by atoms with Gasteiger partial charge in [-0.05, 0) is 177 Å². The van der Waals surface area contributed by atoms with Gasteiger partial charge in [-0.3, -0.25) is 0 Å². The van der Waals surface area contributed by atoms with Crippen LogP contribution in [0, 0.1) is 0 Å². The Kier molecular flexibility index (Phi) is 12.2. The smallest absolute Gasteiger partial charge is 0.252 e. The maximum atomic E-state index is 9.80. The molecule has 5 heteroatoms. The monoisotopic (exact) mass is 1270 g/mol. The van der Waals surface area contributed by atoms with Gasteiger partial charge in [0.15, 0.2) is 0 Å². The molecule has 0 amide bonds. The second-order valence-corrected chi connectivity index (χ2v) is 32.1. The van der Waals surface area contributed by atoms with E-state index in [9.17, 15) is 8.22 Å². The average molecular weight is 1270 g/mol. The molecule has 0 aliphatic carbocycles. The summed E-state index contributed by atoms with van der Waals surface area (Å²) in [6, 6.07) is 69.9. The first-order valence-corrected chi connectivity index (χ1v) is 34.2. The van der Waals surface area contributed by atoms with E-state index in [1.165, 1.54) is 22.3 Å². The number of hydrogen-bond acceptors (Lipinski definition) is 3. The highest BCUT2D eigenvalue weighted by Gasteiger charge is 2.46. The summed E-state index contributed by atoms with van der Waals surface area (Å²) in [7, 11) is 0. The molecule has 0 unspecified atom stereocenters. The molecular weight excluding hydrogens is 1170 g/mol. The summed E-state index contributed by atoms with van der Waals surface area (Å²) in [5.41, 5.74) is 23.6. The van der Waals surface area contributed by atoms with Gasteiger partial charge in [-0.1, -0.05) is 280 Å². The average Bonchev–Trinajstić information content (AvgIpc) is 1.54. The number of benzene rings is 12. The molecule has 0 fully saturated rings. The van der Waals surface area contributed by atoms with Gasteiger partial charge in [0.2, 0.25) is 0 Å². The van der Waals surface area contributed by atoms with E-state index in [-0.39, 0.29) is 55.6 Å². The van der Waals surface area contributed by atoms with Crippen molar-refractivity contribution in [3.8, 4) is 50.2 Å². The van der Waals surface area contributed by atoms with Crippen LogP contribution in [0.5, 0.6) is 0 Å². The van der Waals surface area contributed by atoms with Gasteiger partial charge in [0.25, 0.3) is 6.71 Å². The van der Waals surface area contributed by atoms with Crippen LogP contribution in [-0.4, -0.2) is 11.3 Å². The predicted molar refractivity (Wildman–Crippen MR) is 417 cm³/mol. The normalized spacial score (nSPS) is 14.6. The second-order valence-electron chi connectivity index (χ2n) is 32.1. The lowest BCUT2D eigenvalue weighted by molar-refractivity contribution is 0.569. The van der Waals surface area contributed by atoms with E-state index in [0.717, 1.165) is 117 Å². The van der Waals surface area contributed by atoms with Gasteiger partial charge in [0.1, 0.15) is 11.2 Å². The number of furan rings is 1. The van der Waals surface area contributed by atoms with Crippen LogP contribution in [0.3, 0.4) is 0 Å². The van der Waals surface area contributed by atoms with Crippen LogP contribution < -0.4 is 26.2 Å². The van der Waals surface area contributed by atoms with Crippen molar-refractivity contribution >= 4 is 101 Å². The first kappa shape index (κ1) is 53.1. The largest absolute Gasteiger partial charge is 0.456 e. The Labute approximate surface area is 585 Å². The molecule has 0 saturated carbocycles. The zero-order valence-corrected chi connectivity index (χ0v) is 58.4. The van der Waals surface area contributed by atoms with Crippen molar-refractivity contribution in [1.29, 1.82) is 0 Å². The van der Waals surface area contributed by atoms with Crippen LogP contribution in [0.25, 0.3) is 93.9 Å². The van der Waals surface area contributed by atoms with Crippen molar-refractivity contribution in [3.63, 3.8) is 0 Å². The third kappa shape index (κ3) is 10.4. The molecule has 2 aliphatic heterocycles. The number of rotatable bonds is 7. The third-order valence-electron chi connectivity index (χ3n) is 20.3. The van der Waals surface area contributed by atoms with Gasteiger partial charge in [0.05, 0.1) is 38.8 Å². The molecular formula is C92H86BN3O. The van der Waals surface area contributed by atoms with E-state index in [0.29, 0.717) is 11.3 Å². The predicted octanol–water partition coefficient (Wildman–Crippen LogP) is 23.9. The van der Waals surface area contributed by atoms with Crippen molar-refractivity contribution in [3.05, 3.63) is 276 Å². The fourth-order valence-electron chi connectivity index (χ4n) is 14.9. The van der Waals surface area contributed by atoms with E-state index < -0.39 is 48.4 Å². The molecule has 0 radical (unpaired) electrons. The summed E-state index contributed by atoms with van der Waals surface area (Å²) in [4.78, 5) is 5.01. The maximum absolute atomic E-state index is 9.80. The molecule has 0 spiro atoms. The second kappa shape index (κ2) is 22.2. The van der Waals surface area contributed by atoms with Gasteiger partial charge in [-0.15, -0.1) is 0 Å². The Morgan fingerprint density at radius 2 is 0.794 bits per heavy atom.